The number of halogens is 3. The van der Waals surface area contributed by atoms with Gasteiger partial charge >= 0.3 is 6.18 Å². The third-order valence-electron chi connectivity index (χ3n) is 8.77. The third kappa shape index (κ3) is 7.07. The van der Waals surface area contributed by atoms with Crippen molar-refractivity contribution >= 4 is 23.4 Å². The number of aryl methyl sites for hydroxylation is 2. The zero-order valence-electron chi connectivity index (χ0n) is 25.6. The molecule has 1 aliphatic carbocycles. The smallest absolute Gasteiger partial charge is 0.379 e. The number of benzene rings is 2. The highest BCUT2D eigenvalue weighted by Crippen LogP contribution is 2.36. The first kappa shape index (κ1) is 32.7. The van der Waals surface area contributed by atoms with E-state index in [0.29, 0.717) is 28.9 Å². The average molecular weight is 636 g/mol. The van der Waals surface area contributed by atoms with Gasteiger partial charge < -0.3 is 21.1 Å². The maximum absolute atomic E-state index is 13.9. The van der Waals surface area contributed by atoms with Gasteiger partial charge in [0.05, 0.1) is 11.3 Å². The van der Waals surface area contributed by atoms with Gasteiger partial charge in [0.1, 0.15) is 11.3 Å². The van der Waals surface area contributed by atoms with E-state index >= 15 is 0 Å². The molecule has 4 N–H and O–H groups in total. The van der Waals surface area contributed by atoms with Crippen molar-refractivity contribution in [3.63, 3.8) is 0 Å². The minimum atomic E-state index is -4.61. The van der Waals surface area contributed by atoms with E-state index in [1.807, 2.05) is 18.2 Å². The number of alkyl halides is 3. The van der Waals surface area contributed by atoms with E-state index in [1.54, 1.807) is 49.2 Å². The monoisotopic (exact) mass is 635 g/mol. The molecule has 0 spiro atoms. The number of aliphatic hydroxyl groups is 1. The largest absolute Gasteiger partial charge is 0.416 e. The number of likely N-dealkylation sites (tertiary alicyclic amines) is 1. The second kappa shape index (κ2) is 13.0. The number of hydrogen-bond acceptors (Lipinski definition) is 5. The van der Waals surface area contributed by atoms with Crippen molar-refractivity contribution in [2.45, 2.75) is 50.3 Å². The summed E-state index contributed by atoms with van der Waals surface area (Å²) in [6.45, 7) is 2.32. The molecule has 0 saturated carbocycles. The zero-order chi connectivity index (χ0) is 33.2. The van der Waals surface area contributed by atoms with E-state index in [2.05, 4.69) is 10.4 Å². The number of hydrogen-bond donors (Lipinski definition) is 3. The van der Waals surface area contributed by atoms with Crippen LogP contribution in [0.4, 0.5) is 18.9 Å². The summed E-state index contributed by atoms with van der Waals surface area (Å²) in [7, 11) is 1.69. The molecule has 1 aromatic heterocycles. The van der Waals surface area contributed by atoms with Crippen LogP contribution in [0.1, 0.15) is 58.1 Å². The van der Waals surface area contributed by atoms with Crippen LogP contribution in [0.5, 0.6) is 0 Å². The number of nitrogens with one attached hydrogen (secondary N) is 1. The lowest BCUT2D eigenvalue weighted by atomic mass is 9.75. The summed E-state index contributed by atoms with van der Waals surface area (Å²) in [6.07, 6.45) is 1.61. The number of carbonyl (C=O) groups excluding carboxylic acids is 3. The summed E-state index contributed by atoms with van der Waals surface area (Å²) >= 11 is 0. The molecule has 3 amide bonds. The average Bonchev–Trinajstić information content (AvgIpc) is 3.37. The van der Waals surface area contributed by atoms with Crippen LogP contribution in [0.2, 0.25) is 0 Å². The quantitative estimate of drug-likeness (QED) is 0.331. The molecule has 2 aromatic carbocycles. The van der Waals surface area contributed by atoms with Crippen molar-refractivity contribution < 1.29 is 32.7 Å². The number of carbonyl (C=O) groups is 3. The van der Waals surface area contributed by atoms with Crippen LogP contribution in [0.3, 0.4) is 0 Å². The van der Waals surface area contributed by atoms with Gasteiger partial charge in [-0.3, -0.25) is 19.1 Å². The van der Waals surface area contributed by atoms with Gasteiger partial charge in [-0.15, -0.1) is 0 Å². The van der Waals surface area contributed by atoms with E-state index < -0.39 is 35.1 Å². The molecule has 242 valence electrons. The first-order chi connectivity index (χ1) is 21.7. The van der Waals surface area contributed by atoms with Gasteiger partial charge in [0.15, 0.2) is 0 Å². The second-order valence-corrected chi connectivity index (χ2v) is 12.0. The SMILES string of the molecule is Cc1cc(C(=O)N2CCC(C(O)(Cc3cccc(C4C=CC=C(C(N)=O)C4)c3)C(=O)Nc3cccc(C(F)(F)F)c3)CC2)n(C)n1. The molecule has 1 aliphatic heterocycles. The number of rotatable bonds is 8. The van der Waals surface area contributed by atoms with E-state index in [4.69, 9.17) is 5.73 Å². The molecule has 3 aromatic rings. The Hall–Kier alpha value is -4.71. The van der Waals surface area contributed by atoms with Gasteiger partial charge in [-0.25, -0.2) is 0 Å². The van der Waals surface area contributed by atoms with Crippen molar-refractivity contribution in [2.24, 2.45) is 18.7 Å². The fourth-order valence-corrected chi connectivity index (χ4v) is 6.29. The van der Waals surface area contributed by atoms with Gasteiger partial charge in [-0.05, 0) is 61.6 Å². The lowest BCUT2D eigenvalue weighted by Crippen LogP contribution is -2.54. The summed E-state index contributed by atoms with van der Waals surface area (Å²) in [6, 6.07) is 13.3. The first-order valence-electron chi connectivity index (χ1n) is 15.0. The second-order valence-electron chi connectivity index (χ2n) is 12.0. The van der Waals surface area contributed by atoms with Crippen LogP contribution < -0.4 is 11.1 Å². The summed E-state index contributed by atoms with van der Waals surface area (Å²) in [5.41, 5.74) is 5.55. The highest BCUT2D eigenvalue weighted by molar-refractivity contribution is 5.98. The highest BCUT2D eigenvalue weighted by atomic mass is 19.4. The maximum Gasteiger partial charge on any atom is 0.416 e. The molecule has 12 heteroatoms. The first-order valence-corrected chi connectivity index (χ1v) is 15.0. The number of aromatic nitrogens is 2. The lowest BCUT2D eigenvalue weighted by Gasteiger charge is -2.40. The minimum absolute atomic E-state index is 0.0932. The number of nitrogens with two attached hydrogens (primary N) is 1. The van der Waals surface area contributed by atoms with Gasteiger partial charge in [-0.2, -0.15) is 18.3 Å². The molecule has 0 radical (unpaired) electrons. The number of piperidine rings is 1. The van der Waals surface area contributed by atoms with Crippen molar-refractivity contribution in [3.8, 4) is 0 Å². The number of nitrogens with zero attached hydrogens (tertiary/aromatic N) is 3. The topological polar surface area (TPSA) is 131 Å². The fraction of sp³-hybridized carbons (Fsp3) is 0.353. The van der Waals surface area contributed by atoms with Crippen LogP contribution in [0.25, 0.3) is 0 Å². The molecule has 2 heterocycles. The Balaban J connectivity index is 1.40. The highest BCUT2D eigenvalue weighted by Gasteiger charge is 2.46. The lowest BCUT2D eigenvalue weighted by molar-refractivity contribution is -0.142. The predicted octanol–water partition coefficient (Wildman–Crippen LogP) is 4.67. The summed E-state index contributed by atoms with van der Waals surface area (Å²) < 4.78 is 41.7. The number of allylic oxidation sites excluding steroid dienone is 3. The van der Waals surface area contributed by atoms with E-state index in [9.17, 15) is 32.7 Å². The van der Waals surface area contributed by atoms with E-state index in [1.165, 1.54) is 16.8 Å². The Bertz CT molecular complexity index is 1700. The fourth-order valence-electron chi connectivity index (χ4n) is 6.29. The van der Waals surface area contributed by atoms with Crippen molar-refractivity contribution in [1.82, 2.24) is 14.7 Å². The molecule has 9 nitrogen and oxygen atoms in total. The molecule has 0 bridgehead atoms. The predicted molar refractivity (Wildman–Crippen MR) is 166 cm³/mol. The summed E-state index contributed by atoms with van der Waals surface area (Å²) in [4.78, 5) is 40.5. The molecule has 2 aliphatic rings. The molecule has 5 rings (SSSR count). The van der Waals surface area contributed by atoms with Crippen LogP contribution in [0, 0.1) is 12.8 Å². The van der Waals surface area contributed by atoms with E-state index in [0.717, 1.165) is 17.7 Å². The van der Waals surface area contributed by atoms with Crippen LogP contribution in [-0.2, 0) is 29.2 Å². The molecule has 2 unspecified atom stereocenters. The molecule has 46 heavy (non-hydrogen) atoms. The number of anilines is 1. The Kier molecular flexibility index (Phi) is 9.20. The summed E-state index contributed by atoms with van der Waals surface area (Å²) in [5, 5.41) is 19.0. The Labute approximate surface area is 264 Å². The standard InChI is InChI=1S/C34H36F3N5O4/c1-21-16-29(41(2)40-21)31(44)42-14-12-26(13-15-42)33(46,32(45)39-28-11-5-10-27(19-28)34(35,36)37)20-22-6-3-7-23(17-22)24-8-4-9-25(18-24)30(38)43/h3-11,16-17,19,24,26,46H,12-15,18,20H2,1-2H3,(H2,38,43)(H,39,45). The number of amides is 3. The molecule has 1 fully saturated rings. The normalized spacial score (nSPS) is 18.5. The molecule has 2 atom stereocenters. The van der Waals surface area contributed by atoms with Crippen molar-refractivity contribution in [1.29, 1.82) is 0 Å². The maximum atomic E-state index is 13.9. The van der Waals surface area contributed by atoms with Crippen molar-refractivity contribution in [2.75, 3.05) is 18.4 Å². The minimum Gasteiger partial charge on any atom is -0.379 e. The third-order valence-corrected chi connectivity index (χ3v) is 8.77. The van der Waals surface area contributed by atoms with Crippen LogP contribution >= 0.6 is 0 Å². The zero-order valence-corrected chi connectivity index (χ0v) is 25.6. The van der Waals surface area contributed by atoms with Gasteiger partial charge in [0, 0.05) is 49.7 Å². The molecule has 1 saturated heterocycles. The van der Waals surface area contributed by atoms with Gasteiger partial charge in [-0.1, -0.05) is 48.6 Å². The Morgan fingerprint density at radius 2 is 1.78 bits per heavy atom. The molecular formula is C34H36F3N5O4. The molecular weight excluding hydrogens is 599 g/mol. The van der Waals surface area contributed by atoms with Gasteiger partial charge in [0.2, 0.25) is 5.91 Å². The van der Waals surface area contributed by atoms with Gasteiger partial charge in [0.25, 0.3) is 11.8 Å². The van der Waals surface area contributed by atoms with Crippen LogP contribution in [-0.4, -0.2) is 56.2 Å². The van der Waals surface area contributed by atoms with E-state index in [-0.39, 0.29) is 49.9 Å². The van der Waals surface area contributed by atoms with Crippen LogP contribution in [0.15, 0.2) is 78.4 Å². The Morgan fingerprint density at radius 3 is 2.43 bits per heavy atom. The number of primary amides is 1. The Morgan fingerprint density at radius 1 is 1.07 bits per heavy atom. The summed E-state index contributed by atoms with van der Waals surface area (Å²) in [5.74, 6) is -2.31. The van der Waals surface area contributed by atoms with Crippen molar-refractivity contribution in [3.05, 3.63) is 106 Å².